The Hall–Kier alpha value is -1.56. The molecule has 2 atom stereocenters. The van der Waals surface area contributed by atoms with E-state index >= 15 is 0 Å². The van der Waals surface area contributed by atoms with E-state index in [1.54, 1.807) is 11.3 Å². The first kappa shape index (κ1) is 17.5. The molecule has 0 aliphatic rings. The van der Waals surface area contributed by atoms with Crippen molar-refractivity contribution in [2.45, 2.75) is 46.2 Å². The van der Waals surface area contributed by atoms with E-state index < -0.39 is 18.0 Å². The zero-order valence-electron chi connectivity index (χ0n) is 12.9. The van der Waals surface area contributed by atoms with Crippen molar-refractivity contribution in [2.24, 2.45) is 11.8 Å². The standard InChI is InChI=1S/C15H24N2O3S/c1-9(2)8-11(14(18)19)16-15(20)17-13(10(3)4)12-6-5-7-21-12/h5-7,9-11,13H,8H2,1-4H3,(H,18,19)(H2,16,17,20). The second kappa shape index (κ2) is 8.02. The third kappa shape index (κ3) is 5.75. The van der Waals surface area contributed by atoms with Gasteiger partial charge in [0.1, 0.15) is 6.04 Å². The molecule has 1 heterocycles. The summed E-state index contributed by atoms with van der Waals surface area (Å²) in [5.41, 5.74) is 0. The van der Waals surface area contributed by atoms with Crippen LogP contribution >= 0.6 is 11.3 Å². The number of carbonyl (C=O) groups excluding carboxylic acids is 1. The highest BCUT2D eigenvalue weighted by atomic mass is 32.1. The molecule has 118 valence electrons. The fraction of sp³-hybridized carbons (Fsp3) is 0.600. The zero-order chi connectivity index (χ0) is 16.0. The van der Waals surface area contributed by atoms with Gasteiger partial charge in [0, 0.05) is 4.88 Å². The fourth-order valence-corrected chi connectivity index (χ4v) is 3.02. The number of urea groups is 1. The van der Waals surface area contributed by atoms with E-state index in [1.807, 2.05) is 45.2 Å². The van der Waals surface area contributed by atoms with E-state index in [0.717, 1.165) is 4.88 Å². The number of hydrogen-bond donors (Lipinski definition) is 3. The molecule has 0 radical (unpaired) electrons. The molecule has 1 aromatic heterocycles. The molecule has 3 N–H and O–H groups in total. The lowest BCUT2D eigenvalue weighted by Crippen LogP contribution is -2.48. The smallest absolute Gasteiger partial charge is 0.326 e. The Morgan fingerprint density at radius 3 is 2.33 bits per heavy atom. The predicted molar refractivity (Wildman–Crippen MR) is 84.4 cm³/mol. The number of carboxylic acid groups (broad SMARTS) is 1. The number of nitrogens with one attached hydrogen (secondary N) is 2. The molecule has 0 aromatic carbocycles. The van der Waals surface area contributed by atoms with Gasteiger partial charge in [-0.3, -0.25) is 0 Å². The molecule has 2 amide bonds. The summed E-state index contributed by atoms with van der Waals surface area (Å²) in [5, 5.41) is 16.5. The lowest BCUT2D eigenvalue weighted by atomic mass is 10.0. The summed E-state index contributed by atoms with van der Waals surface area (Å²) >= 11 is 1.58. The zero-order valence-corrected chi connectivity index (χ0v) is 13.7. The Morgan fingerprint density at radius 1 is 1.24 bits per heavy atom. The van der Waals surface area contributed by atoms with Crippen molar-refractivity contribution in [1.82, 2.24) is 10.6 Å². The van der Waals surface area contributed by atoms with E-state index in [0.29, 0.717) is 6.42 Å². The second-order valence-corrected chi connectivity index (χ2v) is 6.85. The quantitative estimate of drug-likeness (QED) is 0.723. The van der Waals surface area contributed by atoms with Crippen LogP contribution in [0.5, 0.6) is 0 Å². The van der Waals surface area contributed by atoms with Gasteiger partial charge in [0.2, 0.25) is 0 Å². The second-order valence-electron chi connectivity index (χ2n) is 5.88. The number of thiophene rings is 1. The highest BCUT2D eigenvalue weighted by Crippen LogP contribution is 2.25. The third-order valence-electron chi connectivity index (χ3n) is 3.11. The maximum Gasteiger partial charge on any atom is 0.326 e. The van der Waals surface area contributed by atoms with Crippen molar-refractivity contribution in [3.63, 3.8) is 0 Å². The molecule has 1 rings (SSSR count). The third-order valence-corrected chi connectivity index (χ3v) is 4.07. The minimum Gasteiger partial charge on any atom is -0.480 e. The maximum absolute atomic E-state index is 12.1. The van der Waals surface area contributed by atoms with Crippen LogP contribution in [-0.2, 0) is 4.79 Å². The largest absolute Gasteiger partial charge is 0.480 e. The molecular weight excluding hydrogens is 288 g/mol. The topological polar surface area (TPSA) is 78.4 Å². The van der Waals surface area contributed by atoms with Crippen LogP contribution in [0.4, 0.5) is 4.79 Å². The molecule has 0 saturated heterocycles. The van der Waals surface area contributed by atoms with Gasteiger partial charge in [0.25, 0.3) is 0 Å². The van der Waals surface area contributed by atoms with Gasteiger partial charge >= 0.3 is 12.0 Å². The SMILES string of the molecule is CC(C)CC(NC(=O)NC(c1cccs1)C(C)C)C(=O)O. The summed E-state index contributed by atoms with van der Waals surface area (Å²) < 4.78 is 0. The molecule has 1 aromatic rings. The van der Waals surface area contributed by atoms with Crippen molar-refractivity contribution in [3.05, 3.63) is 22.4 Å². The highest BCUT2D eigenvalue weighted by Gasteiger charge is 2.24. The van der Waals surface area contributed by atoms with Crippen LogP contribution < -0.4 is 10.6 Å². The molecule has 0 aliphatic carbocycles. The summed E-state index contributed by atoms with van der Waals surface area (Å²) in [6.07, 6.45) is 0.411. The van der Waals surface area contributed by atoms with Gasteiger partial charge in [0.15, 0.2) is 0 Å². The Balaban J connectivity index is 2.67. The monoisotopic (exact) mass is 312 g/mol. The Bertz CT molecular complexity index is 457. The fourth-order valence-electron chi connectivity index (χ4n) is 2.07. The van der Waals surface area contributed by atoms with Crippen molar-refractivity contribution < 1.29 is 14.7 Å². The highest BCUT2D eigenvalue weighted by molar-refractivity contribution is 7.10. The lowest BCUT2D eigenvalue weighted by Gasteiger charge is -2.23. The van der Waals surface area contributed by atoms with Crippen LogP contribution in [0.15, 0.2) is 17.5 Å². The summed E-state index contributed by atoms with van der Waals surface area (Å²) in [6, 6.07) is 2.50. The predicted octanol–water partition coefficient (Wildman–Crippen LogP) is 3.24. The van der Waals surface area contributed by atoms with Crippen LogP contribution in [0.25, 0.3) is 0 Å². The number of carbonyl (C=O) groups is 2. The van der Waals surface area contributed by atoms with E-state index in [1.165, 1.54) is 0 Å². The molecule has 5 nitrogen and oxygen atoms in total. The molecule has 0 spiro atoms. The van der Waals surface area contributed by atoms with Crippen molar-refractivity contribution in [2.75, 3.05) is 0 Å². The lowest BCUT2D eigenvalue weighted by molar-refractivity contribution is -0.139. The van der Waals surface area contributed by atoms with Gasteiger partial charge in [-0.2, -0.15) is 0 Å². The minimum absolute atomic E-state index is 0.113. The molecule has 21 heavy (non-hydrogen) atoms. The van der Waals surface area contributed by atoms with Crippen LogP contribution in [0.3, 0.4) is 0 Å². The van der Waals surface area contributed by atoms with E-state index in [4.69, 9.17) is 5.11 Å². The normalized spacial score (nSPS) is 14.0. The molecule has 2 unspecified atom stereocenters. The Morgan fingerprint density at radius 2 is 1.90 bits per heavy atom. The summed E-state index contributed by atoms with van der Waals surface area (Å²) in [7, 11) is 0. The Kier molecular flexibility index (Phi) is 6.68. The summed E-state index contributed by atoms with van der Waals surface area (Å²) in [6.45, 7) is 7.90. The number of amides is 2. The van der Waals surface area contributed by atoms with Gasteiger partial charge in [-0.15, -0.1) is 11.3 Å². The van der Waals surface area contributed by atoms with E-state index in [-0.39, 0.29) is 17.9 Å². The van der Waals surface area contributed by atoms with Gasteiger partial charge in [-0.25, -0.2) is 9.59 Å². The van der Waals surface area contributed by atoms with Crippen molar-refractivity contribution in [3.8, 4) is 0 Å². The first-order chi connectivity index (χ1) is 9.81. The summed E-state index contributed by atoms with van der Waals surface area (Å²) in [5.74, 6) is -0.580. The van der Waals surface area contributed by atoms with Gasteiger partial charge in [-0.05, 0) is 29.7 Å². The molecule has 0 aliphatic heterocycles. The van der Waals surface area contributed by atoms with Crippen molar-refractivity contribution in [1.29, 1.82) is 0 Å². The van der Waals surface area contributed by atoms with Gasteiger partial charge in [0.05, 0.1) is 6.04 Å². The van der Waals surface area contributed by atoms with Crippen LogP contribution in [-0.4, -0.2) is 23.1 Å². The van der Waals surface area contributed by atoms with Crippen molar-refractivity contribution >= 4 is 23.3 Å². The van der Waals surface area contributed by atoms with E-state index in [9.17, 15) is 9.59 Å². The average Bonchev–Trinajstić information content (AvgIpc) is 2.87. The summed E-state index contributed by atoms with van der Waals surface area (Å²) in [4.78, 5) is 24.3. The first-order valence-electron chi connectivity index (χ1n) is 7.14. The first-order valence-corrected chi connectivity index (χ1v) is 8.02. The number of carboxylic acids is 1. The minimum atomic E-state index is -1.00. The maximum atomic E-state index is 12.1. The molecule has 0 bridgehead atoms. The number of rotatable bonds is 7. The van der Waals surface area contributed by atoms with Gasteiger partial charge in [-0.1, -0.05) is 33.8 Å². The molecular formula is C15H24N2O3S. The Labute approximate surface area is 129 Å². The van der Waals surface area contributed by atoms with Crippen LogP contribution in [0.2, 0.25) is 0 Å². The van der Waals surface area contributed by atoms with E-state index in [2.05, 4.69) is 10.6 Å². The average molecular weight is 312 g/mol. The number of hydrogen-bond acceptors (Lipinski definition) is 3. The van der Waals surface area contributed by atoms with Crippen LogP contribution in [0.1, 0.15) is 45.0 Å². The molecule has 0 saturated carbocycles. The molecule has 6 heteroatoms. The molecule has 0 fully saturated rings. The van der Waals surface area contributed by atoms with Crippen LogP contribution in [0, 0.1) is 11.8 Å². The number of aliphatic carboxylic acids is 1. The van der Waals surface area contributed by atoms with Gasteiger partial charge < -0.3 is 15.7 Å².